The van der Waals surface area contributed by atoms with E-state index in [4.69, 9.17) is 0 Å². The average Bonchev–Trinajstić information content (AvgIpc) is 2.95. The Kier molecular flexibility index (Phi) is 3.73. The topological polar surface area (TPSA) is 47.8 Å². The number of pyridine rings is 1. The number of hydrogen-bond acceptors (Lipinski definition) is 4. The van der Waals surface area contributed by atoms with Crippen molar-refractivity contribution >= 4 is 21.6 Å². The molecule has 1 aliphatic rings. The van der Waals surface area contributed by atoms with Crippen LogP contribution in [0.5, 0.6) is 0 Å². The van der Waals surface area contributed by atoms with Gasteiger partial charge in [-0.1, -0.05) is 6.07 Å². The molecule has 118 valence electrons. The van der Waals surface area contributed by atoms with Crippen LogP contribution in [0, 0.1) is 0 Å². The monoisotopic (exact) mass is 325 g/mol. The molecule has 3 aromatic heterocycles. The largest absolute Gasteiger partial charge is 0.295 e. The number of nitrogens with zero attached hydrogens (tertiary/aromatic N) is 3. The highest BCUT2D eigenvalue weighted by Crippen LogP contribution is 2.33. The summed E-state index contributed by atoms with van der Waals surface area (Å²) in [6.45, 7) is 2.07. The molecule has 1 unspecified atom stereocenters. The van der Waals surface area contributed by atoms with Gasteiger partial charge in [-0.25, -0.2) is 4.98 Å². The van der Waals surface area contributed by atoms with Gasteiger partial charge in [-0.15, -0.1) is 11.3 Å². The fraction of sp³-hybridized carbons (Fsp3) is 0.389. The molecule has 1 atom stereocenters. The molecule has 0 bridgehead atoms. The highest BCUT2D eigenvalue weighted by Gasteiger charge is 2.21. The molecule has 0 N–H and O–H groups in total. The Labute approximate surface area is 138 Å². The molecule has 5 heteroatoms. The Morgan fingerprint density at radius 1 is 1.35 bits per heavy atom. The molecular weight excluding hydrogens is 306 g/mol. The van der Waals surface area contributed by atoms with Gasteiger partial charge in [-0.3, -0.25) is 14.3 Å². The highest BCUT2D eigenvalue weighted by atomic mass is 32.1. The second-order valence-electron chi connectivity index (χ2n) is 6.26. The molecule has 0 amide bonds. The Morgan fingerprint density at radius 3 is 3.04 bits per heavy atom. The fourth-order valence-electron chi connectivity index (χ4n) is 3.43. The number of aryl methyl sites for hydroxylation is 2. The van der Waals surface area contributed by atoms with E-state index >= 15 is 0 Å². The minimum absolute atomic E-state index is 0.0720. The second kappa shape index (κ2) is 5.89. The van der Waals surface area contributed by atoms with E-state index < -0.39 is 0 Å². The lowest BCUT2D eigenvalue weighted by molar-refractivity contribution is 0.522. The van der Waals surface area contributed by atoms with Crippen molar-refractivity contribution in [3.63, 3.8) is 0 Å². The van der Waals surface area contributed by atoms with E-state index in [1.807, 2.05) is 18.3 Å². The molecule has 1 aliphatic carbocycles. The van der Waals surface area contributed by atoms with Gasteiger partial charge < -0.3 is 0 Å². The van der Waals surface area contributed by atoms with Crippen molar-refractivity contribution in [2.75, 3.05) is 0 Å². The van der Waals surface area contributed by atoms with Crippen LogP contribution in [0.4, 0.5) is 0 Å². The zero-order valence-corrected chi connectivity index (χ0v) is 14.0. The Bertz CT molecular complexity index is 898. The Hall–Kier alpha value is -2.01. The second-order valence-corrected chi connectivity index (χ2v) is 7.35. The number of rotatable bonds is 3. The molecule has 0 radical (unpaired) electrons. The van der Waals surface area contributed by atoms with Gasteiger partial charge in [0.1, 0.15) is 4.83 Å². The first-order valence-corrected chi connectivity index (χ1v) is 8.96. The SMILES string of the molecule is CC(Cc1cccnc1)n1cnc2sc3c(c2c1=O)CCCC3. The van der Waals surface area contributed by atoms with Gasteiger partial charge in [0.25, 0.3) is 5.56 Å². The van der Waals surface area contributed by atoms with Crippen LogP contribution >= 0.6 is 11.3 Å². The molecule has 0 saturated heterocycles. The van der Waals surface area contributed by atoms with Crippen molar-refractivity contribution < 1.29 is 0 Å². The smallest absolute Gasteiger partial charge is 0.262 e. The van der Waals surface area contributed by atoms with E-state index in [2.05, 4.69) is 16.9 Å². The molecule has 23 heavy (non-hydrogen) atoms. The van der Waals surface area contributed by atoms with Gasteiger partial charge in [0.2, 0.25) is 0 Å². The molecule has 4 rings (SSSR count). The first-order chi connectivity index (χ1) is 11.2. The van der Waals surface area contributed by atoms with Crippen LogP contribution in [-0.2, 0) is 19.3 Å². The Balaban J connectivity index is 1.76. The number of fused-ring (bicyclic) bond motifs is 3. The van der Waals surface area contributed by atoms with Gasteiger partial charge in [0.05, 0.1) is 11.7 Å². The van der Waals surface area contributed by atoms with Crippen molar-refractivity contribution in [3.05, 3.63) is 57.2 Å². The van der Waals surface area contributed by atoms with Gasteiger partial charge >= 0.3 is 0 Å². The van der Waals surface area contributed by atoms with Crippen molar-refractivity contribution in [2.24, 2.45) is 0 Å². The van der Waals surface area contributed by atoms with Gasteiger partial charge in [0, 0.05) is 23.3 Å². The van der Waals surface area contributed by atoms with Crippen molar-refractivity contribution in [1.29, 1.82) is 0 Å². The molecule has 0 saturated carbocycles. The van der Waals surface area contributed by atoms with E-state index in [-0.39, 0.29) is 11.6 Å². The lowest BCUT2D eigenvalue weighted by Crippen LogP contribution is -2.25. The predicted molar refractivity (Wildman–Crippen MR) is 93.2 cm³/mol. The van der Waals surface area contributed by atoms with E-state index in [0.29, 0.717) is 0 Å². The first kappa shape index (κ1) is 14.6. The molecule has 4 nitrogen and oxygen atoms in total. The third-order valence-corrected chi connectivity index (χ3v) is 5.83. The molecule has 3 aromatic rings. The lowest BCUT2D eigenvalue weighted by atomic mass is 9.97. The van der Waals surface area contributed by atoms with Gasteiger partial charge in [-0.05, 0) is 56.2 Å². The van der Waals surface area contributed by atoms with E-state index in [9.17, 15) is 4.79 Å². The maximum absolute atomic E-state index is 13.0. The molecule has 0 fully saturated rings. The molecule has 0 spiro atoms. The third-order valence-electron chi connectivity index (χ3n) is 4.63. The summed E-state index contributed by atoms with van der Waals surface area (Å²) in [5, 5.41) is 0.866. The molecule has 3 heterocycles. The normalized spacial score (nSPS) is 15.5. The minimum Gasteiger partial charge on any atom is -0.295 e. The highest BCUT2D eigenvalue weighted by molar-refractivity contribution is 7.18. The predicted octanol–water partition coefficient (Wildman–Crippen LogP) is 3.54. The summed E-state index contributed by atoms with van der Waals surface area (Å²) in [5.41, 5.74) is 2.52. The number of aromatic nitrogens is 3. The van der Waals surface area contributed by atoms with Crippen molar-refractivity contribution in [3.8, 4) is 0 Å². The van der Waals surface area contributed by atoms with Crippen LogP contribution < -0.4 is 5.56 Å². The average molecular weight is 325 g/mol. The van der Waals surface area contributed by atoms with E-state index in [1.165, 1.54) is 23.3 Å². The van der Waals surface area contributed by atoms with E-state index in [0.717, 1.165) is 35.0 Å². The van der Waals surface area contributed by atoms with Crippen LogP contribution in [-0.4, -0.2) is 14.5 Å². The van der Waals surface area contributed by atoms with Crippen LogP contribution in [0.25, 0.3) is 10.2 Å². The summed E-state index contributed by atoms with van der Waals surface area (Å²) in [7, 11) is 0. The van der Waals surface area contributed by atoms with Crippen LogP contribution in [0.15, 0.2) is 35.6 Å². The number of hydrogen-bond donors (Lipinski definition) is 0. The molecule has 0 aliphatic heterocycles. The standard InChI is InChI=1S/C18H19N3OS/c1-12(9-13-5-4-8-19-10-13)21-11-20-17-16(18(21)22)14-6-2-3-7-15(14)23-17/h4-5,8,10-12H,2-3,6-7,9H2,1H3. The van der Waals surface area contributed by atoms with Crippen LogP contribution in [0.3, 0.4) is 0 Å². The van der Waals surface area contributed by atoms with Crippen molar-refractivity contribution in [2.45, 2.75) is 45.1 Å². The number of thiophene rings is 1. The molecule has 0 aromatic carbocycles. The first-order valence-electron chi connectivity index (χ1n) is 8.14. The Morgan fingerprint density at radius 2 is 2.22 bits per heavy atom. The van der Waals surface area contributed by atoms with Gasteiger partial charge in [0.15, 0.2) is 0 Å². The van der Waals surface area contributed by atoms with Crippen LogP contribution in [0.1, 0.15) is 41.8 Å². The summed E-state index contributed by atoms with van der Waals surface area (Å²) < 4.78 is 1.79. The minimum atomic E-state index is 0.0720. The summed E-state index contributed by atoms with van der Waals surface area (Å²) in [6, 6.07) is 4.05. The quantitative estimate of drug-likeness (QED) is 0.740. The fourth-order valence-corrected chi connectivity index (χ4v) is 4.65. The third kappa shape index (κ3) is 2.59. The summed E-state index contributed by atoms with van der Waals surface area (Å²) in [5.74, 6) is 0. The van der Waals surface area contributed by atoms with Gasteiger partial charge in [-0.2, -0.15) is 0 Å². The van der Waals surface area contributed by atoms with E-state index in [1.54, 1.807) is 28.4 Å². The van der Waals surface area contributed by atoms with Crippen molar-refractivity contribution in [1.82, 2.24) is 14.5 Å². The summed E-state index contributed by atoms with van der Waals surface area (Å²) in [6.07, 6.45) is 10.7. The zero-order valence-electron chi connectivity index (χ0n) is 13.2. The zero-order chi connectivity index (χ0) is 15.8. The summed E-state index contributed by atoms with van der Waals surface area (Å²) >= 11 is 1.70. The maximum Gasteiger partial charge on any atom is 0.262 e. The summed E-state index contributed by atoms with van der Waals surface area (Å²) in [4.78, 5) is 24.0. The van der Waals surface area contributed by atoms with Crippen LogP contribution in [0.2, 0.25) is 0 Å². The maximum atomic E-state index is 13.0. The molecular formula is C18H19N3OS. The lowest BCUT2D eigenvalue weighted by Gasteiger charge is -2.15.